The molecule has 0 atom stereocenters. The maximum atomic E-state index is 5.90. The number of hydrogen-bond acceptors (Lipinski definition) is 6. The van der Waals surface area contributed by atoms with E-state index in [1.54, 1.807) is 17.6 Å². The lowest BCUT2D eigenvalue weighted by molar-refractivity contribution is 0.208. The van der Waals surface area contributed by atoms with E-state index in [1.807, 2.05) is 36.4 Å². The van der Waals surface area contributed by atoms with E-state index in [0.29, 0.717) is 24.9 Å². The summed E-state index contributed by atoms with van der Waals surface area (Å²) in [6.07, 6.45) is 1.69. The second-order valence-electron chi connectivity index (χ2n) is 5.78. The van der Waals surface area contributed by atoms with Gasteiger partial charge in [-0.15, -0.1) is 21.5 Å². The normalized spacial score (nSPS) is 11.3. The lowest BCUT2D eigenvalue weighted by Crippen LogP contribution is -2.21. The minimum Gasteiger partial charge on any atom is -0.468 e. The van der Waals surface area contributed by atoms with Gasteiger partial charge in [0.05, 0.1) is 24.9 Å². The molecule has 26 heavy (non-hydrogen) atoms. The molecule has 0 aliphatic rings. The Hall–Kier alpha value is -2.22. The van der Waals surface area contributed by atoms with E-state index >= 15 is 0 Å². The van der Waals surface area contributed by atoms with Crippen LogP contribution in [0.4, 0.5) is 0 Å². The Morgan fingerprint density at radius 1 is 0.962 bits per heavy atom. The first kappa shape index (κ1) is 17.2. The zero-order chi connectivity index (χ0) is 17.8. The Morgan fingerprint density at radius 2 is 1.88 bits per heavy atom. The van der Waals surface area contributed by atoms with E-state index in [9.17, 15) is 0 Å². The molecule has 0 saturated heterocycles. The van der Waals surface area contributed by atoms with Crippen LogP contribution in [-0.4, -0.2) is 15.1 Å². The van der Waals surface area contributed by atoms with Gasteiger partial charge in [-0.05, 0) is 51.6 Å². The predicted molar refractivity (Wildman–Crippen MR) is 103 cm³/mol. The fraction of sp³-hybridized carbons (Fsp3) is 0.158. The molecule has 4 rings (SSSR count). The van der Waals surface area contributed by atoms with E-state index in [0.717, 1.165) is 22.3 Å². The SMILES string of the molecule is Brc1ccccc1-c1nnc(CN(Cc2ccco2)Cc2cccs2)o1. The van der Waals surface area contributed by atoms with Crippen molar-refractivity contribution < 1.29 is 8.83 Å². The average Bonchev–Trinajstić information content (AvgIpc) is 3.38. The molecule has 132 valence electrons. The number of halogens is 1. The lowest BCUT2D eigenvalue weighted by atomic mass is 10.2. The average molecular weight is 430 g/mol. The molecule has 4 aromatic rings. The Balaban J connectivity index is 1.52. The highest BCUT2D eigenvalue weighted by molar-refractivity contribution is 9.10. The van der Waals surface area contributed by atoms with Crippen molar-refractivity contribution in [2.45, 2.75) is 19.6 Å². The third kappa shape index (κ3) is 4.12. The van der Waals surface area contributed by atoms with Gasteiger partial charge in [0.15, 0.2) is 0 Å². The number of rotatable bonds is 7. The molecular formula is C19H16BrN3O2S. The second kappa shape index (κ2) is 7.99. The Bertz CT molecular complexity index is 915. The summed E-state index contributed by atoms with van der Waals surface area (Å²) in [5.41, 5.74) is 0.891. The van der Waals surface area contributed by atoms with Gasteiger partial charge in [0.1, 0.15) is 5.76 Å². The molecular weight excluding hydrogens is 414 g/mol. The number of thiophene rings is 1. The van der Waals surface area contributed by atoms with Crippen LogP contribution < -0.4 is 0 Å². The molecule has 0 aliphatic heterocycles. The van der Waals surface area contributed by atoms with Gasteiger partial charge in [0.25, 0.3) is 0 Å². The molecule has 0 fully saturated rings. The molecule has 0 amide bonds. The molecule has 0 saturated carbocycles. The van der Waals surface area contributed by atoms with Crippen LogP contribution >= 0.6 is 27.3 Å². The van der Waals surface area contributed by atoms with Crippen molar-refractivity contribution in [2.24, 2.45) is 0 Å². The monoisotopic (exact) mass is 429 g/mol. The molecule has 0 N–H and O–H groups in total. The summed E-state index contributed by atoms with van der Waals surface area (Å²) in [6, 6.07) is 15.9. The van der Waals surface area contributed by atoms with E-state index in [2.05, 4.69) is 48.5 Å². The van der Waals surface area contributed by atoms with Gasteiger partial charge in [-0.3, -0.25) is 4.90 Å². The fourth-order valence-corrected chi connectivity index (χ4v) is 3.87. The first-order chi connectivity index (χ1) is 12.8. The van der Waals surface area contributed by atoms with Crippen molar-refractivity contribution in [2.75, 3.05) is 0 Å². The maximum absolute atomic E-state index is 5.90. The van der Waals surface area contributed by atoms with Gasteiger partial charge in [-0.25, -0.2) is 0 Å². The van der Waals surface area contributed by atoms with Crippen molar-refractivity contribution in [3.63, 3.8) is 0 Å². The summed E-state index contributed by atoms with van der Waals surface area (Å²) < 4.78 is 12.3. The van der Waals surface area contributed by atoms with Crippen molar-refractivity contribution >= 4 is 27.3 Å². The Kier molecular flexibility index (Phi) is 5.29. The predicted octanol–water partition coefficient (Wildman–Crippen LogP) is 5.36. The van der Waals surface area contributed by atoms with E-state index in [4.69, 9.17) is 8.83 Å². The van der Waals surface area contributed by atoms with Crippen LogP contribution in [0.25, 0.3) is 11.5 Å². The summed E-state index contributed by atoms with van der Waals surface area (Å²) in [5, 5.41) is 10.5. The number of hydrogen-bond donors (Lipinski definition) is 0. The van der Waals surface area contributed by atoms with E-state index in [-0.39, 0.29) is 0 Å². The number of nitrogens with zero attached hydrogens (tertiary/aromatic N) is 3. The molecule has 1 aromatic carbocycles. The second-order valence-corrected chi connectivity index (χ2v) is 7.67. The summed E-state index contributed by atoms with van der Waals surface area (Å²) in [4.78, 5) is 3.50. The van der Waals surface area contributed by atoms with E-state index < -0.39 is 0 Å². The van der Waals surface area contributed by atoms with Crippen LogP contribution in [0.15, 0.2) is 73.5 Å². The molecule has 0 radical (unpaired) electrons. The maximum Gasteiger partial charge on any atom is 0.248 e. The molecule has 3 heterocycles. The van der Waals surface area contributed by atoms with Crippen LogP contribution in [0, 0.1) is 0 Å². The number of benzene rings is 1. The van der Waals surface area contributed by atoms with Crippen LogP contribution in [0.2, 0.25) is 0 Å². The summed E-state index contributed by atoms with van der Waals surface area (Å²) in [6.45, 7) is 2.03. The summed E-state index contributed by atoms with van der Waals surface area (Å²) in [5.74, 6) is 2.01. The van der Waals surface area contributed by atoms with Gasteiger partial charge in [0, 0.05) is 15.9 Å². The van der Waals surface area contributed by atoms with Gasteiger partial charge >= 0.3 is 0 Å². The van der Waals surface area contributed by atoms with Crippen LogP contribution in [0.1, 0.15) is 16.5 Å². The van der Waals surface area contributed by atoms with Crippen molar-refractivity contribution in [1.29, 1.82) is 0 Å². The molecule has 0 bridgehead atoms. The van der Waals surface area contributed by atoms with Gasteiger partial charge in [-0.2, -0.15) is 0 Å². The highest BCUT2D eigenvalue weighted by atomic mass is 79.9. The van der Waals surface area contributed by atoms with Gasteiger partial charge < -0.3 is 8.83 Å². The largest absolute Gasteiger partial charge is 0.468 e. The Labute approximate surface area is 163 Å². The van der Waals surface area contributed by atoms with E-state index in [1.165, 1.54) is 4.88 Å². The van der Waals surface area contributed by atoms with Gasteiger partial charge in [-0.1, -0.05) is 18.2 Å². The van der Waals surface area contributed by atoms with Crippen LogP contribution in [-0.2, 0) is 19.6 Å². The van der Waals surface area contributed by atoms with Crippen LogP contribution in [0.5, 0.6) is 0 Å². The first-order valence-electron chi connectivity index (χ1n) is 8.12. The minimum absolute atomic E-state index is 0.515. The Morgan fingerprint density at radius 3 is 2.65 bits per heavy atom. The summed E-state index contributed by atoms with van der Waals surface area (Å²) >= 11 is 5.26. The number of furan rings is 1. The molecule has 7 heteroatoms. The third-order valence-electron chi connectivity index (χ3n) is 3.85. The molecule has 0 unspecified atom stereocenters. The van der Waals surface area contributed by atoms with Crippen molar-refractivity contribution in [3.05, 3.63) is 81.2 Å². The zero-order valence-electron chi connectivity index (χ0n) is 13.8. The standard InChI is InChI=1S/C19H16BrN3O2S/c20-17-8-2-1-7-16(17)19-22-21-18(25-19)13-23(11-14-5-3-9-24-14)12-15-6-4-10-26-15/h1-10H,11-13H2. The van der Waals surface area contributed by atoms with Crippen molar-refractivity contribution in [3.8, 4) is 11.5 Å². The fourth-order valence-electron chi connectivity index (χ4n) is 2.67. The van der Waals surface area contributed by atoms with Crippen molar-refractivity contribution in [1.82, 2.24) is 15.1 Å². The minimum atomic E-state index is 0.515. The third-order valence-corrected chi connectivity index (χ3v) is 5.40. The highest BCUT2D eigenvalue weighted by Crippen LogP contribution is 2.27. The number of aromatic nitrogens is 2. The smallest absolute Gasteiger partial charge is 0.248 e. The molecule has 3 aromatic heterocycles. The zero-order valence-corrected chi connectivity index (χ0v) is 16.2. The lowest BCUT2D eigenvalue weighted by Gasteiger charge is -2.18. The summed E-state index contributed by atoms with van der Waals surface area (Å²) in [7, 11) is 0. The molecule has 0 aliphatic carbocycles. The molecule has 5 nitrogen and oxygen atoms in total. The first-order valence-corrected chi connectivity index (χ1v) is 9.79. The van der Waals surface area contributed by atoms with Gasteiger partial charge in [0.2, 0.25) is 11.8 Å². The quantitative estimate of drug-likeness (QED) is 0.395. The highest BCUT2D eigenvalue weighted by Gasteiger charge is 2.16. The van der Waals surface area contributed by atoms with Crippen LogP contribution in [0.3, 0.4) is 0 Å². The molecule has 0 spiro atoms. The topological polar surface area (TPSA) is 55.3 Å².